The Bertz CT molecular complexity index is 17.7. The maximum Gasteiger partial charge on any atom is -0.0809 e. The molecule has 0 saturated heterocycles. The van der Waals surface area contributed by atoms with Gasteiger partial charge in [-0.25, -0.2) is 0 Å². The van der Waals surface area contributed by atoms with Gasteiger partial charge in [-0.15, -0.1) is 13.2 Å². The van der Waals surface area contributed by atoms with Crippen LogP contribution in [0.5, 0.6) is 0 Å². The maximum absolute atomic E-state index is 8.93. The quantitative estimate of drug-likeness (QED) is 0.440. The zero-order valence-electron chi connectivity index (χ0n) is 7.68. The number of hydrogen-bond donors (Lipinski definition) is 3. The topological polar surface area (TPSA) is 186 Å². The molecule has 0 aromatic carbocycles. The monoisotopic (exact) mass is 161 g/mol. The molecule has 0 spiro atoms. The molecule has 0 bridgehead atoms. The summed E-state index contributed by atoms with van der Waals surface area (Å²) < 4.78 is 0. The smallest absolute Gasteiger partial charge is 0.0809 e. The Hall–Kier alpha value is -0.240. The lowest BCUT2D eigenvalue weighted by Gasteiger charge is -1.79. The molecule has 0 fully saturated rings. The third kappa shape index (κ3) is 6160. The zero-order valence-corrected chi connectivity index (χ0v) is 7.68. The average molecular weight is 161 g/mol. The van der Waals surface area contributed by atoms with E-state index in [1.54, 1.807) is 13.8 Å². The van der Waals surface area contributed by atoms with Crippen molar-refractivity contribution < 1.29 is 15.7 Å². The van der Waals surface area contributed by atoms with Crippen molar-refractivity contribution in [3.8, 4) is 0 Å². The van der Waals surface area contributed by atoms with E-state index in [-0.39, 0.29) is 37.1 Å². The highest BCUT2D eigenvalue weighted by molar-refractivity contribution is 3.80. The van der Waals surface area contributed by atoms with Gasteiger partial charge in [0.2, 0.25) is 0 Å². The highest BCUT2D eigenvalue weighted by Gasteiger charge is 1.16. The first kappa shape index (κ1) is 53.0. The highest BCUT2D eigenvalue weighted by atomic mass is 16.3. The lowest BCUT2D eigenvalue weighted by atomic mass is 10.9. The second-order valence-electron chi connectivity index (χ2n) is 0.577. The molecule has 72 valence electrons. The van der Waals surface area contributed by atoms with Crippen molar-refractivity contribution in [1.29, 1.82) is 0 Å². The molecule has 10 heavy (non-hydrogen) atoms. The molecule has 0 rings (SSSR count). The predicted octanol–water partition coefficient (Wildman–Crippen LogP) is -0.315. The van der Waals surface area contributed by atoms with Crippen molar-refractivity contribution in [1.82, 2.24) is 18.5 Å². The SMILES string of the molecule is CC[O-].CC[O-].[NH4+].[NH4+].[NH4+].[OH-]. The van der Waals surface area contributed by atoms with Gasteiger partial charge >= 0.3 is 0 Å². The van der Waals surface area contributed by atoms with Gasteiger partial charge in [0.15, 0.2) is 0 Å². The second kappa shape index (κ2) is 170. The van der Waals surface area contributed by atoms with Crippen LogP contribution in [0.2, 0.25) is 0 Å². The van der Waals surface area contributed by atoms with E-state index in [2.05, 4.69) is 0 Å². The molecule has 0 saturated carbocycles. The summed E-state index contributed by atoms with van der Waals surface area (Å²) in [5.74, 6) is 0. The molecule has 0 aliphatic heterocycles. The molecule has 0 aromatic rings. The first-order valence-electron chi connectivity index (χ1n) is 1.99. The molecule has 0 unspecified atom stereocenters. The highest BCUT2D eigenvalue weighted by Crippen LogP contribution is 1.18. The lowest BCUT2D eigenvalue weighted by Crippen LogP contribution is -1.97. The molecule has 0 heterocycles. The molecule has 0 aliphatic rings. The van der Waals surface area contributed by atoms with Gasteiger partial charge in [0, 0.05) is 0 Å². The molecule has 0 aliphatic carbocycles. The van der Waals surface area contributed by atoms with E-state index >= 15 is 0 Å². The first-order chi connectivity index (χ1) is 2.83. The third-order valence-electron chi connectivity index (χ3n) is 0. The van der Waals surface area contributed by atoms with Crippen molar-refractivity contribution in [3.05, 3.63) is 0 Å². The molecule has 0 atom stereocenters. The number of rotatable bonds is 0. The Labute approximate surface area is 62.3 Å². The molecule has 0 amide bonds. The van der Waals surface area contributed by atoms with E-state index in [1.807, 2.05) is 0 Å². The third-order valence-corrected chi connectivity index (χ3v) is 0. The Morgan fingerprint density at radius 2 is 0.800 bits per heavy atom. The molecule has 6 heteroatoms. The number of quaternary nitrogens is 3. The summed E-state index contributed by atoms with van der Waals surface area (Å²) in [4.78, 5) is 0. The fourth-order valence-corrected chi connectivity index (χ4v) is 0. The van der Waals surface area contributed by atoms with Crippen LogP contribution in [0.15, 0.2) is 0 Å². The molecule has 0 radical (unpaired) electrons. The lowest BCUT2D eigenvalue weighted by molar-refractivity contribution is -0.362. The van der Waals surface area contributed by atoms with E-state index in [4.69, 9.17) is 10.2 Å². The fraction of sp³-hybridized carbons (Fsp3) is 1.00. The number of hydrogen-bond acceptors (Lipinski definition) is 3. The maximum atomic E-state index is 8.93. The van der Waals surface area contributed by atoms with Gasteiger partial charge in [-0.2, -0.15) is 0 Å². The van der Waals surface area contributed by atoms with Crippen LogP contribution in [0.3, 0.4) is 0 Å². The normalized spacial score (nSPS) is 3.60. The van der Waals surface area contributed by atoms with Gasteiger partial charge < -0.3 is 34.1 Å². The summed E-state index contributed by atoms with van der Waals surface area (Å²) >= 11 is 0. The zero-order chi connectivity index (χ0) is 5.41. The first-order valence-corrected chi connectivity index (χ1v) is 1.99. The van der Waals surface area contributed by atoms with Crippen molar-refractivity contribution >= 4 is 0 Å². The molecule has 6 nitrogen and oxygen atoms in total. The molecular formula is C4H23N3O3. The van der Waals surface area contributed by atoms with Crippen LogP contribution in [-0.4, -0.2) is 18.7 Å². The van der Waals surface area contributed by atoms with Crippen molar-refractivity contribution in [3.63, 3.8) is 0 Å². The summed E-state index contributed by atoms with van der Waals surface area (Å²) in [7, 11) is 0. The Morgan fingerprint density at radius 3 is 0.800 bits per heavy atom. The Kier molecular flexibility index (Phi) is 902. The van der Waals surface area contributed by atoms with Gasteiger partial charge in [0.1, 0.15) is 0 Å². The molecule has 0 aromatic heterocycles. The van der Waals surface area contributed by atoms with Crippen LogP contribution in [0.25, 0.3) is 0 Å². The van der Waals surface area contributed by atoms with E-state index < -0.39 is 0 Å². The molecule has 13 N–H and O–H groups in total. The minimum absolute atomic E-state index is 0. The van der Waals surface area contributed by atoms with Crippen LogP contribution < -0.4 is 28.7 Å². The Morgan fingerprint density at radius 1 is 0.800 bits per heavy atom. The van der Waals surface area contributed by atoms with E-state index in [9.17, 15) is 0 Å². The summed E-state index contributed by atoms with van der Waals surface area (Å²) in [5.41, 5.74) is 0. The van der Waals surface area contributed by atoms with Crippen LogP contribution >= 0.6 is 0 Å². The van der Waals surface area contributed by atoms with Gasteiger partial charge in [-0.3, -0.25) is 0 Å². The molecular weight excluding hydrogens is 138 g/mol. The van der Waals surface area contributed by atoms with Crippen molar-refractivity contribution in [2.24, 2.45) is 0 Å². The van der Waals surface area contributed by atoms with Crippen molar-refractivity contribution in [2.75, 3.05) is 13.2 Å². The predicted molar refractivity (Wildman–Crippen MR) is 41.0 cm³/mol. The minimum Gasteiger partial charge on any atom is -0.870 e. The van der Waals surface area contributed by atoms with Gasteiger partial charge in [0.05, 0.1) is 0 Å². The summed E-state index contributed by atoms with van der Waals surface area (Å²) in [5, 5.41) is 17.9. The van der Waals surface area contributed by atoms with Crippen LogP contribution in [0, 0.1) is 0 Å². The van der Waals surface area contributed by atoms with E-state index in [0.717, 1.165) is 0 Å². The van der Waals surface area contributed by atoms with E-state index in [1.165, 1.54) is 0 Å². The van der Waals surface area contributed by atoms with Crippen LogP contribution in [0.1, 0.15) is 13.8 Å². The summed E-state index contributed by atoms with van der Waals surface area (Å²) in [6, 6.07) is 0. The summed E-state index contributed by atoms with van der Waals surface area (Å²) in [6.07, 6.45) is 0. The van der Waals surface area contributed by atoms with Crippen LogP contribution in [0.4, 0.5) is 0 Å². The standard InChI is InChI=1S/2C2H5O.3H3N.H2O/c2*1-2-3;;;;/h2*2H2,1H3;3*1H3;1H2/q2*-1;;;;/p+2. The second-order valence-corrected chi connectivity index (χ2v) is 0.577. The fourth-order valence-electron chi connectivity index (χ4n) is 0. The van der Waals surface area contributed by atoms with Gasteiger partial charge in [0.25, 0.3) is 0 Å². The van der Waals surface area contributed by atoms with Crippen molar-refractivity contribution in [2.45, 2.75) is 13.8 Å². The van der Waals surface area contributed by atoms with Gasteiger partial charge in [-0.1, -0.05) is 13.8 Å². The van der Waals surface area contributed by atoms with Crippen LogP contribution in [-0.2, 0) is 0 Å². The average Bonchev–Trinajstić information content (AvgIpc) is 1.39. The van der Waals surface area contributed by atoms with Gasteiger partial charge in [-0.05, 0) is 0 Å². The van der Waals surface area contributed by atoms with E-state index in [0.29, 0.717) is 0 Å². The largest absolute Gasteiger partial charge is 0.870 e. The Balaban J connectivity index is -0.00000000571. The summed E-state index contributed by atoms with van der Waals surface area (Å²) in [6.45, 7) is 3.14. The minimum atomic E-state index is 0.